The van der Waals surface area contributed by atoms with E-state index < -0.39 is 0 Å². The van der Waals surface area contributed by atoms with Crippen molar-refractivity contribution in [3.05, 3.63) is 206 Å². The van der Waals surface area contributed by atoms with Crippen molar-refractivity contribution in [2.24, 2.45) is 0 Å². The molecule has 0 fully saturated rings. The fraction of sp³-hybridized carbons (Fsp3) is 0. The van der Waals surface area contributed by atoms with Gasteiger partial charge in [0.15, 0.2) is 0 Å². The number of benzene rings is 8. The molecule has 262 valence electrons. The summed E-state index contributed by atoms with van der Waals surface area (Å²) in [5, 5.41) is 4.58. The topological polar surface area (TPSA) is 31.0 Å². The Hall–Kier alpha value is -7.49. The number of hydrogen-bond donors (Lipinski definition) is 0. The van der Waals surface area contributed by atoms with Crippen LogP contribution < -0.4 is 0 Å². The van der Waals surface area contributed by atoms with Crippen LogP contribution in [0.3, 0.4) is 0 Å². The fourth-order valence-corrected chi connectivity index (χ4v) is 8.29. The van der Waals surface area contributed by atoms with Gasteiger partial charge in [-0.05, 0) is 93.5 Å². The number of aromatic nitrogens is 2. The first kappa shape index (κ1) is 32.0. The van der Waals surface area contributed by atoms with Crippen molar-refractivity contribution in [1.29, 1.82) is 0 Å². The lowest BCUT2D eigenvalue weighted by molar-refractivity contribution is 0.669. The second-order valence-electron chi connectivity index (χ2n) is 14.4. The molecule has 0 aliphatic rings. The van der Waals surface area contributed by atoms with Gasteiger partial charge in [-0.25, -0.2) is 4.98 Å². The van der Waals surface area contributed by atoms with E-state index in [-0.39, 0.29) is 0 Å². The van der Waals surface area contributed by atoms with Crippen LogP contribution in [0.4, 0.5) is 0 Å². The Balaban J connectivity index is 1.24. The molecule has 56 heavy (non-hydrogen) atoms. The molecule has 0 radical (unpaired) electrons. The van der Waals surface area contributed by atoms with E-state index in [4.69, 9.17) is 9.40 Å². The minimum atomic E-state index is 0.869. The van der Waals surface area contributed by atoms with Crippen LogP contribution in [-0.2, 0) is 0 Å². The van der Waals surface area contributed by atoms with Gasteiger partial charge in [-0.1, -0.05) is 152 Å². The van der Waals surface area contributed by atoms with Gasteiger partial charge < -0.3 is 4.42 Å². The zero-order valence-electron chi connectivity index (χ0n) is 30.4. The first-order chi connectivity index (χ1) is 27.7. The lowest BCUT2D eigenvalue weighted by atomic mass is 9.95. The highest BCUT2D eigenvalue weighted by atomic mass is 16.3. The molecule has 8 aromatic carbocycles. The van der Waals surface area contributed by atoms with Gasteiger partial charge in [0.05, 0.1) is 16.7 Å². The molecule has 0 aliphatic heterocycles. The summed E-state index contributed by atoms with van der Waals surface area (Å²) < 4.78 is 8.59. The summed E-state index contributed by atoms with van der Waals surface area (Å²) in [5.41, 5.74) is 15.2. The van der Waals surface area contributed by atoms with Gasteiger partial charge >= 0.3 is 0 Å². The summed E-state index contributed by atoms with van der Waals surface area (Å²) in [7, 11) is 0. The summed E-state index contributed by atoms with van der Waals surface area (Å²) in [4.78, 5) is 5.48. The maximum Gasteiger partial charge on any atom is 0.138 e. The van der Waals surface area contributed by atoms with E-state index >= 15 is 0 Å². The van der Waals surface area contributed by atoms with Crippen LogP contribution in [0.1, 0.15) is 0 Å². The van der Waals surface area contributed by atoms with Crippen molar-refractivity contribution in [3.8, 4) is 61.6 Å². The third-order valence-corrected chi connectivity index (χ3v) is 11.0. The van der Waals surface area contributed by atoms with Crippen LogP contribution in [0.25, 0.3) is 105 Å². The van der Waals surface area contributed by atoms with E-state index in [1.165, 1.54) is 16.5 Å². The molecule has 0 spiro atoms. The molecule has 3 aromatic heterocycles. The largest absolute Gasteiger partial charge is 0.456 e. The number of fused-ring (bicyclic) bond motifs is 6. The van der Waals surface area contributed by atoms with Gasteiger partial charge in [0.2, 0.25) is 0 Å². The average Bonchev–Trinajstić information content (AvgIpc) is 3.82. The van der Waals surface area contributed by atoms with Gasteiger partial charge in [0.1, 0.15) is 17.0 Å². The first-order valence-electron chi connectivity index (χ1n) is 19.0. The second-order valence-corrected chi connectivity index (χ2v) is 14.4. The van der Waals surface area contributed by atoms with Crippen molar-refractivity contribution in [3.63, 3.8) is 0 Å². The van der Waals surface area contributed by atoms with Gasteiger partial charge in [-0.15, -0.1) is 0 Å². The van der Waals surface area contributed by atoms with E-state index in [0.717, 1.165) is 88.8 Å². The highest BCUT2D eigenvalue weighted by Crippen LogP contribution is 2.43. The lowest BCUT2D eigenvalue weighted by Gasteiger charge is -2.15. The molecule has 11 aromatic rings. The van der Waals surface area contributed by atoms with E-state index in [9.17, 15) is 0 Å². The maximum atomic E-state index is 6.21. The Labute approximate surface area is 324 Å². The molecule has 0 amide bonds. The van der Waals surface area contributed by atoms with Gasteiger partial charge in [0.25, 0.3) is 0 Å². The summed E-state index contributed by atoms with van der Waals surface area (Å²) in [6, 6.07) is 73.4. The minimum absolute atomic E-state index is 0.869. The van der Waals surface area contributed by atoms with Gasteiger partial charge in [-0.2, -0.15) is 0 Å². The van der Waals surface area contributed by atoms with Crippen LogP contribution in [-0.4, -0.2) is 9.55 Å². The Morgan fingerprint density at radius 3 is 1.57 bits per heavy atom. The fourth-order valence-electron chi connectivity index (χ4n) is 8.29. The summed E-state index contributed by atoms with van der Waals surface area (Å²) in [6.07, 6.45) is 0. The molecule has 0 bridgehead atoms. The summed E-state index contributed by atoms with van der Waals surface area (Å²) >= 11 is 0. The third-order valence-electron chi connectivity index (χ3n) is 11.0. The van der Waals surface area contributed by atoms with Crippen molar-refractivity contribution >= 4 is 43.7 Å². The second kappa shape index (κ2) is 13.1. The van der Waals surface area contributed by atoms with Crippen LogP contribution in [0, 0.1) is 0 Å². The molecule has 3 heterocycles. The number of para-hydroxylation sites is 1. The quantitative estimate of drug-likeness (QED) is 0.172. The standard InChI is InChI=1S/C53H34N2O/c1-5-15-35(16-6-1)41-31-44(37-19-9-3-10-20-37)53-47(32-41)45-29-39(40-26-28-51-46(30-40)43-23-13-14-24-50(43)56-51)25-27-49(45)55(53)52-34-42(36-17-7-2-8-18-36)33-48(54-52)38-21-11-4-12-22-38/h1-34H. The predicted molar refractivity (Wildman–Crippen MR) is 233 cm³/mol. The molecule has 0 saturated carbocycles. The number of nitrogens with zero attached hydrogens (tertiary/aromatic N) is 2. The maximum absolute atomic E-state index is 6.21. The molecule has 11 rings (SSSR count). The predicted octanol–water partition coefficient (Wildman–Crippen LogP) is 14.4. The molecule has 0 aliphatic carbocycles. The van der Waals surface area contributed by atoms with Crippen LogP contribution >= 0.6 is 0 Å². The molecule has 0 unspecified atom stereocenters. The van der Waals surface area contributed by atoms with Crippen molar-refractivity contribution in [2.45, 2.75) is 0 Å². The molecule has 0 atom stereocenters. The number of pyridine rings is 1. The normalized spacial score (nSPS) is 11.6. The molecular weight excluding hydrogens is 681 g/mol. The smallest absolute Gasteiger partial charge is 0.138 e. The first-order valence-corrected chi connectivity index (χ1v) is 19.0. The summed E-state index contributed by atoms with van der Waals surface area (Å²) in [6.45, 7) is 0. The van der Waals surface area contributed by atoms with Gasteiger partial charge in [0, 0.05) is 32.7 Å². The van der Waals surface area contributed by atoms with Crippen LogP contribution in [0.15, 0.2) is 211 Å². The van der Waals surface area contributed by atoms with Crippen molar-refractivity contribution in [1.82, 2.24) is 9.55 Å². The van der Waals surface area contributed by atoms with Crippen LogP contribution in [0.5, 0.6) is 0 Å². The summed E-state index contributed by atoms with van der Waals surface area (Å²) in [5.74, 6) is 0.869. The molecular formula is C53H34N2O. The zero-order chi connectivity index (χ0) is 37.0. The van der Waals surface area contributed by atoms with E-state index in [1.54, 1.807) is 0 Å². The highest BCUT2D eigenvalue weighted by Gasteiger charge is 2.21. The Morgan fingerprint density at radius 1 is 0.339 bits per heavy atom. The molecule has 3 heteroatoms. The van der Waals surface area contributed by atoms with Crippen molar-refractivity contribution < 1.29 is 4.42 Å². The van der Waals surface area contributed by atoms with E-state index in [1.807, 2.05) is 12.1 Å². The Morgan fingerprint density at radius 2 is 0.875 bits per heavy atom. The lowest BCUT2D eigenvalue weighted by Crippen LogP contribution is -2.01. The molecule has 3 nitrogen and oxygen atoms in total. The Kier molecular flexibility index (Phi) is 7.49. The highest BCUT2D eigenvalue weighted by molar-refractivity contribution is 6.16. The van der Waals surface area contributed by atoms with E-state index in [0.29, 0.717) is 0 Å². The molecule has 0 N–H and O–H groups in total. The SMILES string of the molecule is c1ccc(-c2cc(-c3ccccc3)nc(-n3c4ccc(-c5ccc6oc7ccccc7c6c5)cc4c4cc(-c5ccccc5)cc(-c5ccccc5)c43)c2)cc1. The third kappa shape index (κ3) is 5.40. The van der Waals surface area contributed by atoms with Gasteiger partial charge in [-0.3, -0.25) is 4.57 Å². The minimum Gasteiger partial charge on any atom is -0.456 e. The number of furan rings is 1. The number of hydrogen-bond acceptors (Lipinski definition) is 2. The van der Waals surface area contributed by atoms with Crippen molar-refractivity contribution in [2.75, 3.05) is 0 Å². The average molecular weight is 715 g/mol. The molecule has 0 saturated heterocycles. The number of rotatable bonds is 6. The van der Waals surface area contributed by atoms with Crippen LogP contribution in [0.2, 0.25) is 0 Å². The zero-order valence-corrected chi connectivity index (χ0v) is 30.4. The van der Waals surface area contributed by atoms with E-state index in [2.05, 4.69) is 199 Å². The monoisotopic (exact) mass is 714 g/mol. The Bertz CT molecular complexity index is 3160.